The fourth-order valence-corrected chi connectivity index (χ4v) is 8.09. The third-order valence-electron chi connectivity index (χ3n) is 7.15. The van der Waals surface area contributed by atoms with E-state index in [2.05, 4.69) is 42.1 Å². The zero-order chi connectivity index (χ0) is 35.3. The molecule has 2 fully saturated rings. The van der Waals surface area contributed by atoms with E-state index in [-0.39, 0.29) is 71.4 Å². The molecule has 3 aliphatic rings. The van der Waals surface area contributed by atoms with Crippen molar-refractivity contribution in [2.24, 2.45) is 0 Å². The molecule has 9 nitrogen and oxygen atoms in total. The molecule has 50 heavy (non-hydrogen) atoms. The smallest absolute Gasteiger partial charge is 0.211 e. The van der Waals surface area contributed by atoms with Gasteiger partial charge in [0.1, 0.15) is 5.25 Å². The normalized spacial score (nSPS) is 18.6. The standard InChI is InChI=1S/C32H30N3O6S3.C5H5.Fe/c1-3-29-16-20-32(21-17-29)44(40,41)35-26-9-7-23-33(42(36,37)30-12-4-5-13-30)22-6-8-24-34(25-10-11-27-35)43(38,39)31-18-14-28(2)15-19-31;1-2-4-5-3-1;/h3-5,12-21H,1,22-27H2,2H3;1-5H;/q;;+2. The average Bonchev–Trinajstić information content (AvgIpc) is 3.85. The number of hydrogen-bond acceptors (Lipinski definition) is 6. The van der Waals surface area contributed by atoms with Gasteiger partial charge in [-0.1, -0.05) is 78.0 Å². The molecule has 2 aromatic carbocycles. The van der Waals surface area contributed by atoms with Crippen molar-refractivity contribution in [3.05, 3.63) is 129 Å². The molecule has 2 aliphatic carbocycles. The maximum absolute atomic E-state index is 13.5. The van der Waals surface area contributed by atoms with Crippen LogP contribution >= 0.6 is 0 Å². The van der Waals surface area contributed by atoms with Crippen molar-refractivity contribution in [2.75, 3.05) is 39.3 Å². The summed E-state index contributed by atoms with van der Waals surface area (Å²) in [5, 5.41) is 0.0585. The van der Waals surface area contributed by atoms with Crippen LogP contribution < -0.4 is 0 Å². The zero-order valence-corrected chi connectivity index (χ0v) is 30.8. The van der Waals surface area contributed by atoms with Gasteiger partial charge in [-0.3, -0.25) is 0 Å². The van der Waals surface area contributed by atoms with Gasteiger partial charge in [-0.2, -0.15) is 12.9 Å². The Kier molecular flexibility index (Phi) is 16.3. The van der Waals surface area contributed by atoms with Crippen LogP contribution in [0.25, 0.3) is 6.08 Å². The van der Waals surface area contributed by atoms with Crippen molar-refractivity contribution in [3.63, 3.8) is 0 Å². The van der Waals surface area contributed by atoms with E-state index in [1.165, 1.54) is 37.1 Å². The molecule has 2 saturated carbocycles. The van der Waals surface area contributed by atoms with Crippen LogP contribution in [0.1, 0.15) is 11.1 Å². The van der Waals surface area contributed by atoms with Crippen LogP contribution in [0.4, 0.5) is 0 Å². The second-order valence-electron chi connectivity index (χ2n) is 10.5. The summed E-state index contributed by atoms with van der Waals surface area (Å²) in [5.74, 6) is 16.6. The van der Waals surface area contributed by atoms with E-state index < -0.39 is 30.1 Å². The zero-order valence-electron chi connectivity index (χ0n) is 27.2. The minimum Gasteiger partial charge on any atom is -0.211 e. The Morgan fingerprint density at radius 2 is 0.840 bits per heavy atom. The van der Waals surface area contributed by atoms with Gasteiger partial charge in [0.2, 0.25) is 30.1 Å². The number of nitrogens with zero attached hydrogens (tertiary/aromatic N) is 3. The Hall–Kier alpha value is -2.89. The number of rotatable bonds is 7. The monoisotopic (exact) mass is 769 g/mol. The van der Waals surface area contributed by atoms with E-state index in [1.807, 2.05) is 39.0 Å². The first-order valence-electron chi connectivity index (χ1n) is 15.0. The number of sulfonamides is 3. The van der Waals surface area contributed by atoms with Gasteiger partial charge in [-0.25, -0.2) is 25.3 Å². The van der Waals surface area contributed by atoms with Crippen molar-refractivity contribution < 1.29 is 42.3 Å². The van der Waals surface area contributed by atoms with E-state index in [0.717, 1.165) is 24.0 Å². The molecule has 258 valence electrons. The first kappa shape index (κ1) is 41.5. The third kappa shape index (κ3) is 11.3. The van der Waals surface area contributed by atoms with Gasteiger partial charge in [0.25, 0.3) is 0 Å². The van der Waals surface area contributed by atoms with Crippen LogP contribution in [0, 0.1) is 105 Å². The van der Waals surface area contributed by atoms with Gasteiger partial charge in [-0.05, 0) is 94.5 Å². The maximum Gasteiger partial charge on any atom is 2.00 e. The quantitative estimate of drug-likeness (QED) is 0.316. The number of benzene rings is 2. The van der Waals surface area contributed by atoms with E-state index in [0.29, 0.717) is 0 Å². The summed E-state index contributed by atoms with van der Waals surface area (Å²) >= 11 is 0. The third-order valence-corrected chi connectivity index (χ3v) is 12.6. The van der Waals surface area contributed by atoms with E-state index in [1.54, 1.807) is 43.2 Å². The summed E-state index contributed by atoms with van der Waals surface area (Å²) in [6.07, 6.45) is 17.7. The molecule has 0 spiro atoms. The van der Waals surface area contributed by atoms with Crippen LogP contribution in [0.3, 0.4) is 0 Å². The van der Waals surface area contributed by atoms with Crippen molar-refractivity contribution in [1.82, 2.24) is 12.9 Å². The molecule has 1 heterocycles. The van der Waals surface area contributed by atoms with Crippen LogP contribution in [-0.2, 0) is 47.1 Å². The predicted octanol–water partition coefficient (Wildman–Crippen LogP) is 3.36. The molecule has 0 amide bonds. The minimum absolute atomic E-state index is 0. The van der Waals surface area contributed by atoms with Crippen LogP contribution in [0.2, 0.25) is 0 Å². The van der Waals surface area contributed by atoms with Gasteiger partial charge >= 0.3 is 17.1 Å². The van der Waals surface area contributed by atoms with Crippen molar-refractivity contribution >= 4 is 36.1 Å². The Balaban J connectivity index is 0.00000103. The minimum atomic E-state index is -4.06. The Morgan fingerprint density at radius 1 is 0.520 bits per heavy atom. The van der Waals surface area contributed by atoms with Crippen molar-refractivity contribution in [3.8, 4) is 35.5 Å². The van der Waals surface area contributed by atoms with Crippen molar-refractivity contribution in [1.29, 1.82) is 0 Å². The average molecular weight is 770 g/mol. The molecule has 10 radical (unpaired) electrons. The van der Waals surface area contributed by atoms with E-state index >= 15 is 0 Å². The largest absolute Gasteiger partial charge is 2.00 e. The molecule has 2 aromatic rings. The van der Waals surface area contributed by atoms with Gasteiger partial charge < -0.3 is 0 Å². The SMILES string of the molecule is C=Cc1ccc(S(=O)(=O)N2CC#CCN(S(=O)(=O)[C]3[CH][CH][CH][CH]3)CC#CCN(S(=O)(=O)c3ccc(C)cc3)CC#CC2)cc1.[CH]1[CH][CH][CH][CH]1.[Fe+2]. The molecular weight excluding hydrogens is 734 g/mol. The summed E-state index contributed by atoms with van der Waals surface area (Å²) in [6.45, 7) is 3.90. The van der Waals surface area contributed by atoms with Crippen LogP contribution in [-0.4, -0.2) is 77.4 Å². The second-order valence-corrected chi connectivity index (χ2v) is 16.4. The molecule has 0 unspecified atom stereocenters. The summed E-state index contributed by atoms with van der Waals surface area (Å²) in [4.78, 5) is 0.0626. The molecule has 0 bridgehead atoms. The first-order chi connectivity index (χ1) is 23.5. The first-order valence-corrected chi connectivity index (χ1v) is 19.3. The van der Waals surface area contributed by atoms with Gasteiger partial charge in [0, 0.05) is 0 Å². The summed E-state index contributed by atoms with van der Waals surface area (Å²) in [7, 11) is -12.1. The molecule has 0 saturated heterocycles. The number of aryl methyl sites for hydroxylation is 1. The van der Waals surface area contributed by atoms with Crippen LogP contribution in [0.5, 0.6) is 0 Å². The summed E-state index contributed by atoms with van der Waals surface area (Å²) in [6, 6.07) is 12.4. The summed E-state index contributed by atoms with van der Waals surface area (Å²) < 4.78 is 83.8. The number of hydrogen-bond donors (Lipinski definition) is 0. The van der Waals surface area contributed by atoms with Crippen LogP contribution in [0.15, 0.2) is 64.9 Å². The molecule has 5 rings (SSSR count). The topological polar surface area (TPSA) is 112 Å². The van der Waals surface area contributed by atoms with Crippen molar-refractivity contribution in [2.45, 2.75) is 16.7 Å². The molecule has 0 atom stereocenters. The molecule has 1 aliphatic heterocycles. The molecule has 13 heteroatoms. The van der Waals surface area contributed by atoms with Gasteiger partial charge in [0.15, 0.2) is 0 Å². The Morgan fingerprint density at radius 3 is 1.18 bits per heavy atom. The Labute approximate surface area is 310 Å². The fraction of sp³-hybridized carbons (Fsp3) is 0.189. The van der Waals surface area contributed by atoms with E-state index in [9.17, 15) is 25.3 Å². The Bertz CT molecular complexity index is 1950. The van der Waals surface area contributed by atoms with E-state index in [4.69, 9.17) is 0 Å². The molecule has 0 aromatic heterocycles. The maximum atomic E-state index is 13.5. The van der Waals surface area contributed by atoms with Gasteiger partial charge in [0.05, 0.1) is 49.1 Å². The fourth-order valence-electron chi connectivity index (χ4n) is 4.32. The van der Waals surface area contributed by atoms with Gasteiger partial charge in [-0.15, -0.1) is 0 Å². The predicted molar refractivity (Wildman–Crippen MR) is 191 cm³/mol. The molecule has 0 N–H and O–H groups in total. The molecular formula is C37H35FeN3O6S3+2. The summed E-state index contributed by atoms with van der Waals surface area (Å²) in [5.41, 5.74) is 1.62. The second kappa shape index (κ2) is 19.6.